The van der Waals surface area contributed by atoms with E-state index < -0.39 is 0 Å². The second kappa shape index (κ2) is 9.98. The van der Waals surface area contributed by atoms with Crippen molar-refractivity contribution in [3.05, 3.63) is 120 Å². The summed E-state index contributed by atoms with van der Waals surface area (Å²) in [5.74, 6) is 3.61. The van der Waals surface area contributed by atoms with Crippen LogP contribution in [0.15, 0.2) is 113 Å². The SMILES string of the molecule is COc1cccc(NC2=Nc3ccccc3N3C2=Nc2c(c(C)nn2-c2ccccc2)C3c2ccccc2OC)c1. The Morgan fingerprint density at radius 2 is 1.56 bits per heavy atom. The third-order valence-corrected chi connectivity index (χ3v) is 7.41. The van der Waals surface area contributed by atoms with E-state index in [1.165, 1.54) is 0 Å². The van der Waals surface area contributed by atoms with Crippen molar-refractivity contribution < 1.29 is 9.47 Å². The number of methoxy groups -OCH3 is 2. The van der Waals surface area contributed by atoms with Gasteiger partial charge in [-0.15, -0.1) is 0 Å². The third kappa shape index (κ3) is 4.12. The van der Waals surface area contributed by atoms with Crippen LogP contribution in [-0.2, 0) is 0 Å². The van der Waals surface area contributed by atoms with Gasteiger partial charge in [-0.3, -0.25) is 0 Å². The van der Waals surface area contributed by atoms with Gasteiger partial charge in [0.1, 0.15) is 11.5 Å². The number of nitrogens with one attached hydrogen (secondary N) is 1. The number of ether oxygens (including phenoxy) is 2. The average molecular weight is 541 g/mol. The lowest BCUT2D eigenvalue weighted by Gasteiger charge is -2.41. The summed E-state index contributed by atoms with van der Waals surface area (Å²) in [6, 6.07) is 33.9. The van der Waals surface area contributed by atoms with Crippen LogP contribution in [-0.4, -0.2) is 35.7 Å². The van der Waals surface area contributed by atoms with Crippen molar-refractivity contribution in [1.82, 2.24) is 9.78 Å². The van der Waals surface area contributed by atoms with Gasteiger partial charge in [-0.2, -0.15) is 5.10 Å². The van der Waals surface area contributed by atoms with E-state index in [4.69, 9.17) is 24.6 Å². The van der Waals surface area contributed by atoms with Gasteiger partial charge in [0.2, 0.25) is 0 Å². The van der Waals surface area contributed by atoms with Crippen LogP contribution in [0.5, 0.6) is 11.5 Å². The Bertz CT molecular complexity index is 1830. The molecule has 1 aromatic heterocycles. The number of benzene rings is 4. The first-order valence-corrected chi connectivity index (χ1v) is 13.4. The van der Waals surface area contributed by atoms with Crippen LogP contribution in [0.4, 0.5) is 22.9 Å². The second-order valence-electron chi connectivity index (χ2n) is 9.83. The number of fused-ring (bicyclic) bond motifs is 4. The predicted octanol–water partition coefficient (Wildman–Crippen LogP) is 6.99. The van der Waals surface area contributed by atoms with Crippen molar-refractivity contribution in [2.75, 3.05) is 24.4 Å². The summed E-state index contributed by atoms with van der Waals surface area (Å²) in [6.07, 6.45) is 0. The fourth-order valence-corrected chi connectivity index (χ4v) is 5.57. The zero-order valence-corrected chi connectivity index (χ0v) is 22.9. The summed E-state index contributed by atoms with van der Waals surface area (Å²) in [6.45, 7) is 2.04. The molecule has 202 valence electrons. The zero-order chi connectivity index (χ0) is 27.9. The molecule has 0 spiro atoms. The maximum absolute atomic E-state index is 5.91. The van der Waals surface area contributed by atoms with Crippen LogP contribution in [0, 0.1) is 6.92 Å². The van der Waals surface area contributed by atoms with Gasteiger partial charge in [0.25, 0.3) is 0 Å². The second-order valence-corrected chi connectivity index (χ2v) is 9.83. The van der Waals surface area contributed by atoms with Crippen molar-refractivity contribution in [1.29, 1.82) is 0 Å². The van der Waals surface area contributed by atoms with Crippen LogP contribution in [0.1, 0.15) is 22.9 Å². The highest BCUT2D eigenvalue weighted by Gasteiger charge is 2.42. The first kappa shape index (κ1) is 24.7. The number of nitrogens with zero attached hydrogens (tertiary/aromatic N) is 5. The molecule has 8 nitrogen and oxygen atoms in total. The monoisotopic (exact) mass is 540 g/mol. The quantitative estimate of drug-likeness (QED) is 0.260. The molecule has 0 aliphatic carbocycles. The molecule has 3 heterocycles. The summed E-state index contributed by atoms with van der Waals surface area (Å²) in [5, 5.41) is 8.53. The minimum Gasteiger partial charge on any atom is -0.497 e. The van der Waals surface area contributed by atoms with Gasteiger partial charge in [-0.25, -0.2) is 14.7 Å². The van der Waals surface area contributed by atoms with E-state index in [2.05, 4.69) is 22.3 Å². The smallest absolute Gasteiger partial charge is 0.179 e. The number of rotatable bonds is 5. The molecule has 0 saturated heterocycles. The Hall–Kier alpha value is -5.37. The topological polar surface area (TPSA) is 76.3 Å². The Morgan fingerprint density at radius 1 is 0.780 bits per heavy atom. The van der Waals surface area contributed by atoms with Gasteiger partial charge >= 0.3 is 0 Å². The highest BCUT2D eigenvalue weighted by atomic mass is 16.5. The number of hydrogen-bond donors (Lipinski definition) is 1. The normalized spacial score (nSPS) is 15.2. The lowest BCUT2D eigenvalue weighted by atomic mass is 9.92. The van der Waals surface area contributed by atoms with Gasteiger partial charge in [-0.1, -0.05) is 54.6 Å². The highest BCUT2D eigenvalue weighted by molar-refractivity contribution is 6.51. The molecule has 0 bridgehead atoms. The Kier molecular flexibility index (Phi) is 6.00. The van der Waals surface area contributed by atoms with E-state index in [-0.39, 0.29) is 6.04 Å². The molecule has 1 N–H and O–H groups in total. The van der Waals surface area contributed by atoms with Crippen LogP contribution in [0.2, 0.25) is 0 Å². The van der Waals surface area contributed by atoms with Crippen molar-refractivity contribution >= 4 is 34.6 Å². The predicted molar refractivity (Wildman–Crippen MR) is 163 cm³/mol. The molecule has 2 aliphatic rings. The van der Waals surface area contributed by atoms with Gasteiger partial charge in [0.05, 0.1) is 43.0 Å². The molecule has 4 aromatic carbocycles. The van der Waals surface area contributed by atoms with E-state index in [9.17, 15) is 0 Å². The molecule has 0 radical (unpaired) electrons. The number of aryl methyl sites for hydroxylation is 1. The number of para-hydroxylation sites is 4. The third-order valence-electron chi connectivity index (χ3n) is 7.41. The largest absolute Gasteiger partial charge is 0.497 e. The van der Waals surface area contributed by atoms with Gasteiger partial charge < -0.3 is 19.7 Å². The maximum atomic E-state index is 5.91. The summed E-state index contributed by atoms with van der Waals surface area (Å²) in [5.41, 5.74) is 6.49. The molecule has 2 aliphatic heterocycles. The van der Waals surface area contributed by atoms with Gasteiger partial charge in [0.15, 0.2) is 17.5 Å². The molecule has 5 aromatic rings. The Morgan fingerprint density at radius 3 is 2.39 bits per heavy atom. The maximum Gasteiger partial charge on any atom is 0.179 e. The first-order valence-electron chi connectivity index (χ1n) is 13.4. The van der Waals surface area contributed by atoms with Gasteiger partial charge in [-0.05, 0) is 49.4 Å². The number of aromatic nitrogens is 2. The zero-order valence-electron chi connectivity index (χ0n) is 22.9. The average Bonchev–Trinajstić information content (AvgIpc) is 3.36. The molecule has 1 atom stereocenters. The lowest BCUT2D eigenvalue weighted by molar-refractivity contribution is 0.407. The fourth-order valence-electron chi connectivity index (χ4n) is 5.57. The van der Waals surface area contributed by atoms with Crippen molar-refractivity contribution in [2.24, 2.45) is 9.98 Å². The molecule has 8 heteroatoms. The van der Waals surface area contributed by atoms with Crippen LogP contribution in [0.3, 0.4) is 0 Å². The van der Waals surface area contributed by atoms with Crippen molar-refractivity contribution in [3.63, 3.8) is 0 Å². The minimum absolute atomic E-state index is 0.273. The van der Waals surface area contributed by atoms with Crippen LogP contribution >= 0.6 is 0 Å². The standard InChI is InChI=1S/C33H28N6O2/c1-21-29-30(25-16-7-10-19-28(25)41-3)38-27-18-9-8-17-26(27)35-31(34-22-12-11-15-24(20-22)40-2)33(38)36-32(29)39(37-21)23-13-5-4-6-14-23/h4-20,30H,1-3H3,(H,34,35). The first-order chi connectivity index (χ1) is 20.2. The molecular formula is C33H28N6O2. The lowest BCUT2D eigenvalue weighted by Crippen LogP contribution is -2.46. The summed E-state index contributed by atoms with van der Waals surface area (Å²) < 4.78 is 13.3. The van der Waals surface area contributed by atoms with E-state index in [1.807, 2.05) is 103 Å². The molecule has 0 amide bonds. The Labute approximate surface area is 238 Å². The molecule has 0 fully saturated rings. The van der Waals surface area contributed by atoms with Crippen molar-refractivity contribution in [2.45, 2.75) is 13.0 Å². The molecule has 41 heavy (non-hydrogen) atoms. The van der Waals surface area contributed by atoms with E-state index in [1.54, 1.807) is 14.2 Å². The molecular weight excluding hydrogens is 512 g/mol. The number of hydrogen-bond acceptors (Lipinski definition) is 7. The number of aliphatic imine (C=N–C) groups is 2. The Balaban J connectivity index is 1.50. The van der Waals surface area contributed by atoms with Crippen LogP contribution < -0.4 is 19.7 Å². The van der Waals surface area contributed by atoms with Crippen LogP contribution in [0.25, 0.3) is 5.69 Å². The summed E-state index contributed by atoms with van der Waals surface area (Å²) in [7, 11) is 3.37. The minimum atomic E-state index is -0.273. The van der Waals surface area contributed by atoms with E-state index in [0.29, 0.717) is 11.7 Å². The van der Waals surface area contributed by atoms with E-state index in [0.717, 1.165) is 56.9 Å². The van der Waals surface area contributed by atoms with Gasteiger partial charge in [0, 0.05) is 22.9 Å². The summed E-state index contributed by atoms with van der Waals surface area (Å²) >= 11 is 0. The highest BCUT2D eigenvalue weighted by Crippen LogP contribution is 2.49. The van der Waals surface area contributed by atoms with E-state index >= 15 is 0 Å². The number of anilines is 2. The molecule has 1 unspecified atom stereocenters. The fraction of sp³-hybridized carbons (Fsp3) is 0.121. The number of amidine groups is 2. The summed E-state index contributed by atoms with van der Waals surface area (Å²) in [4.78, 5) is 12.6. The van der Waals surface area contributed by atoms with Crippen molar-refractivity contribution in [3.8, 4) is 17.2 Å². The molecule has 0 saturated carbocycles. The molecule has 7 rings (SSSR count).